The SMILES string of the molecule is CC1(C)CC(n2cc(Nc3nc(C4CCCCC4)cn4ncnc34)cn2)CC(C)(C)O1. The number of nitrogens with zero attached hydrogens (tertiary/aromatic N) is 6. The van der Waals surface area contributed by atoms with Gasteiger partial charge in [-0.15, -0.1) is 0 Å². The molecule has 0 amide bonds. The number of anilines is 2. The Bertz CT molecular complexity index is 1050. The molecule has 3 aromatic heterocycles. The lowest BCUT2D eigenvalue weighted by Crippen LogP contribution is -2.45. The van der Waals surface area contributed by atoms with Crippen molar-refractivity contribution in [2.45, 2.75) is 95.8 Å². The van der Waals surface area contributed by atoms with Crippen molar-refractivity contribution in [2.75, 3.05) is 5.32 Å². The van der Waals surface area contributed by atoms with Crippen molar-refractivity contribution in [3.8, 4) is 0 Å². The van der Waals surface area contributed by atoms with E-state index in [1.807, 2.05) is 16.9 Å². The molecule has 1 aliphatic heterocycles. The second kappa shape index (κ2) is 7.58. The van der Waals surface area contributed by atoms with Gasteiger partial charge in [-0.2, -0.15) is 10.2 Å². The molecule has 1 saturated carbocycles. The molecule has 4 heterocycles. The number of rotatable bonds is 4. The minimum atomic E-state index is -0.171. The van der Waals surface area contributed by atoms with Crippen LogP contribution in [0, 0.1) is 0 Å². The molecule has 1 N–H and O–H groups in total. The average molecular weight is 424 g/mol. The lowest BCUT2D eigenvalue weighted by molar-refractivity contribution is -0.170. The molecule has 8 heteroatoms. The first-order valence-electron chi connectivity index (χ1n) is 11.5. The zero-order chi connectivity index (χ0) is 21.6. The normalized spacial score (nSPS) is 22.1. The van der Waals surface area contributed by atoms with Crippen LogP contribution in [0.15, 0.2) is 24.9 Å². The van der Waals surface area contributed by atoms with Gasteiger partial charge in [0, 0.05) is 12.1 Å². The summed E-state index contributed by atoms with van der Waals surface area (Å²) >= 11 is 0. The van der Waals surface area contributed by atoms with Gasteiger partial charge in [-0.25, -0.2) is 14.5 Å². The molecular weight excluding hydrogens is 390 g/mol. The van der Waals surface area contributed by atoms with E-state index in [0.29, 0.717) is 12.0 Å². The topological polar surface area (TPSA) is 82.2 Å². The fourth-order valence-corrected chi connectivity index (χ4v) is 5.49. The Balaban J connectivity index is 1.41. The number of nitrogens with one attached hydrogen (secondary N) is 1. The fraction of sp³-hybridized carbons (Fsp3) is 0.652. The van der Waals surface area contributed by atoms with Crippen LogP contribution in [0.25, 0.3) is 5.65 Å². The third-order valence-corrected chi connectivity index (χ3v) is 6.55. The Kier molecular flexibility index (Phi) is 5.00. The number of hydrogen-bond donors (Lipinski definition) is 1. The molecule has 5 rings (SSSR count). The van der Waals surface area contributed by atoms with Gasteiger partial charge in [-0.05, 0) is 53.4 Å². The van der Waals surface area contributed by atoms with Crippen LogP contribution in [0.3, 0.4) is 0 Å². The van der Waals surface area contributed by atoms with Crippen molar-refractivity contribution in [3.05, 3.63) is 30.6 Å². The Labute approximate surface area is 183 Å². The standard InChI is InChI=1S/C23H33N7O/c1-22(2)10-18(11-23(3,4)31-22)29-13-17(12-25-29)27-20-21-24-15-26-30(21)14-19(28-20)16-8-6-5-7-9-16/h12-16,18H,5-11H2,1-4H3,(H,27,28). The molecule has 2 fully saturated rings. The predicted molar refractivity (Wildman–Crippen MR) is 120 cm³/mol. The average Bonchev–Trinajstić information content (AvgIpc) is 3.36. The lowest BCUT2D eigenvalue weighted by Gasteiger charge is -2.45. The summed E-state index contributed by atoms with van der Waals surface area (Å²) in [5.41, 5.74) is 2.41. The van der Waals surface area contributed by atoms with Crippen molar-refractivity contribution >= 4 is 17.2 Å². The highest BCUT2D eigenvalue weighted by Crippen LogP contribution is 2.41. The molecular formula is C23H33N7O. The first kappa shape index (κ1) is 20.4. The molecule has 3 aromatic rings. The minimum Gasteiger partial charge on any atom is -0.370 e. The summed E-state index contributed by atoms with van der Waals surface area (Å²) in [6, 6.07) is 0.295. The molecule has 31 heavy (non-hydrogen) atoms. The molecule has 0 unspecified atom stereocenters. The maximum Gasteiger partial charge on any atom is 0.198 e. The molecule has 166 valence electrons. The van der Waals surface area contributed by atoms with Crippen LogP contribution in [-0.2, 0) is 4.74 Å². The summed E-state index contributed by atoms with van der Waals surface area (Å²) in [6.45, 7) is 8.64. The van der Waals surface area contributed by atoms with E-state index in [2.05, 4.69) is 59.1 Å². The van der Waals surface area contributed by atoms with Gasteiger partial charge in [0.05, 0.1) is 41.0 Å². The van der Waals surface area contributed by atoms with Gasteiger partial charge < -0.3 is 10.1 Å². The molecule has 0 bridgehead atoms. The van der Waals surface area contributed by atoms with Crippen molar-refractivity contribution in [1.82, 2.24) is 29.4 Å². The van der Waals surface area contributed by atoms with Crippen LogP contribution in [0.2, 0.25) is 0 Å². The number of hydrogen-bond acceptors (Lipinski definition) is 6. The molecule has 0 radical (unpaired) electrons. The van der Waals surface area contributed by atoms with Gasteiger partial charge in [0.25, 0.3) is 0 Å². The summed E-state index contributed by atoms with van der Waals surface area (Å²) in [4.78, 5) is 9.39. The molecule has 0 spiro atoms. The van der Waals surface area contributed by atoms with Gasteiger partial charge in [-0.3, -0.25) is 4.68 Å². The third-order valence-electron chi connectivity index (χ3n) is 6.55. The first-order chi connectivity index (χ1) is 14.8. The van der Waals surface area contributed by atoms with Crippen LogP contribution in [0.1, 0.15) is 90.3 Å². The predicted octanol–water partition coefficient (Wildman–Crippen LogP) is 5.02. The summed E-state index contributed by atoms with van der Waals surface area (Å²) in [7, 11) is 0. The van der Waals surface area contributed by atoms with Gasteiger partial charge in [0.2, 0.25) is 0 Å². The van der Waals surface area contributed by atoms with E-state index in [-0.39, 0.29) is 11.2 Å². The van der Waals surface area contributed by atoms with E-state index in [9.17, 15) is 0 Å². The maximum absolute atomic E-state index is 6.24. The first-order valence-corrected chi connectivity index (χ1v) is 11.5. The van der Waals surface area contributed by atoms with Crippen molar-refractivity contribution < 1.29 is 4.74 Å². The molecule has 8 nitrogen and oxygen atoms in total. The van der Waals surface area contributed by atoms with Crippen LogP contribution >= 0.6 is 0 Å². The molecule has 2 aliphatic rings. The summed E-state index contributed by atoms with van der Waals surface area (Å²) in [6.07, 6.45) is 15.7. The Morgan fingerprint density at radius 1 is 1.00 bits per heavy atom. The smallest absolute Gasteiger partial charge is 0.198 e. The largest absolute Gasteiger partial charge is 0.370 e. The number of fused-ring (bicyclic) bond motifs is 1. The van der Waals surface area contributed by atoms with E-state index in [1.165, 1.54) is 32.1 Å². The summed E-state index contributed by atoms with van der Waals surface area (Å²) in [5, 5.41) is 12.5. The van der Waals surface area contributed by atoms with Gasteiger partial charge >= 0.3 is 0 Å². The summed E-state index contributed by atoms with van der Waals surface area (Å²) < 4.78 is 10.2. The van der Waals surface area contributed by atoms with E-state index < -0.39 is 0 Å². The van der Waals surface area contributed by atoms with Gasteiger partial charge in [0.15, 0.2) is 11.5 Å². The highest BCUT2D eigenvalue weighted by atomic mass is 16.5. The Morgan fingerprint density at radius 2 is 1.74 bits per heavy atom. The number of aromatic nitrogens is 6. The zero-order valence-corrected chi connectivity index (χ0v) is 19.0. The highest BCUT2D eigenvalue weighted by molar-refractivity contribution is 5.68. The van der Waals surface area contributed by atoms with Crippen molar-refractivity contribution in [3.63, 3.8) is 0 Å². The zero-order valence-electron chi connectivity index (χ0n) is 19.0. The summed E-state index contributed by atoms with van der Waals surface area (Å²) in [5.74, 6) is 1.24. The van der Waals surface area contributed by atoms with E-state index >= 15 is 0 Å². The van der Waals surface area contributed by atoms with Crippen LogP contribution < -0.4 is 5.32 Å². The maximum atomic E-state index is 6.24. The monoisotopic (exact) mass is 423 g/mol. The second-order valence-corrected chi connectivity index (χ2v) is 10.4. The Morgan fingerprint density at radius 3 is 2.48 bits per heavy atom. The number of ether oxygens (including phenoxy) is 1. The van der Waals surface area contributed by atoms with Crippen LogP contribution in [0.5, 0.6) is 0 Å². The Hall–Kier alpha value is -2.48. The molecule has 1 saturated heterocycles. The minimum absolute atomic E-state index is 0.171. The third kappa shape index (κ3) is 4.31. The lowest BCUT2D eigenvalue weighted by atomic mass is 9.85. The van der Waals surface area contributed by atoms with Crippen molar-refractivity contribution in [1.29, 1.82) is 0 Å². The van der Waals surface area contributed by atoms with Crippen LogP contribution in [-0.4, -0.2) is 40.6 Å². The highest BCUT2D eigenvalue weighted by Gasteiger charge is 2.40. The van der Waals surface area contributed by atoms with Gasteiger partial charge in [-0.1, -0.05) is 19.3 Å². The second-order valence-electron chi connectivity index (χ2n) is 10.4. The van der Waals surface area contributed by atoms with E-state index in [0.717, 1.165) is 35.7 Å². The van der Waals surface area contributed by atoms with Gasteiger partial charge in [0.1, 0.15) is 6.33 Å². The van der Waals surface area contributed by atoms with E-state index in [1.54, 1.807) is 6.33 Å². The van der Waals surface area contributed by atoms with Crippen LogP contribution in [0.4, 0.5) is 11.5 Å². The molecule has 0 atom stereocenters. The fourth-order valence-electron chi connectivity index (χ4n) is 5.49. The molecule has 0 aromatic carbocycles. The van der Waals surface area contributed by atoms with Crippen molar-refractivity contribution in [2.24, 2.45) is 0 Å². The van der Waals surface area contributed by atoms with E-state index in [4.69, 9.17) is 9.72 Å². The quantitative estimate of drug-likeness (QED) is 0.634. The molecule has 1 aliphatic carbocycles.